The number of imide groups is 1. The van der Waals surface area contributed by atoms with E-state index in [-0.39, 0.29) is 24.2 Å². The van der Waals surface area contributed by atoms with Crippen molar-refractivity contribution in [2.24, 2.45) is 11.8 Å². The molecule has 2 saturated heterocycles. The number of nitrogens with two attached hydrogens (primary N) is 1. The number of aromatic hydroxyl groups is 1. The molecule has 0 radical (unpaired) electrons. The molecule has 0 bridgehead atoms. The first kappa shape index (κ1) is 19.1. The SMILES string of the molecule is CCOC(=O)[C@@]1(c2ccccc2)[NH2+][C@@H](c2ccc(O)cc2)[C@H]2C(=O)N(C)C(=O)[C@H]21. The highest BCUT2D eigenvalue weighted by Gasteiger charge is 2.72. The standard InChI is InChI=1S/C22H22N2O5/c1-3-29-21(28)22(14-7-5-4-6-8-14)17-16(19(26)24(2)20(17)27)18(23-22)13-9-11-15(25)12-10-13/h4-12,16-18,23,25H,3H2,1-2H3/p+1/t16-,17-,18-,22-/m0/s1. The van der Waals surface area contributed by atoms with Gasteiger partial charge in [0, 0.05) is 18.2 Å². The Hall–Kier alpha value is -3.19. The minimum Gasteiger partial charge on any atom is -0.508 e. The maximum atomic E-state index is 13.3. The summed E-state index contributed by atoms with van der Waals surface area (Å²) in [4.78, 5) is 40.6. The van der Waals surface area contributed by atoms with Gasteiger partial charge in [0.05, 0.1) is 6.61 Å². The van der Waals surface area contributed by atoms with Crippen LogP contribution in [-0.2, 0) is 24.7 Å². The predicted octanol–water partition coefficient (Wildman–Crippen LogP) is 0.700. The van der Waals surface area contributed by atoms with Crippen molar-refractivity contribution in [1.82, 2.24) is 4.90 Å². The molecule has 2 aliphatic rings. The third-order valence-electron chi connectivity index (χ3n) is 6.03. The van der Waals surface area contributed by atoms with Gasteiger partial charge in [0.2, 0.25) is 17.4 Å². The lowest BCUT2D eigenvalue weighted by atomic mass is 9.75. The number of nitrogens with zero attached hydrogens (tertiary/aromatic N) is 1. The first-order valence-electron chi connectivity index (χ1n) is 9.61. The minimum atomic E-state index is -1.36. The van der Waals surface area contributed by atoms with Gasteiger partial charge in [-0.15, -0.1) is 0 Å². The fourth-order valence-corrected chi connectivity index (χ4v) is 4.72. The lowest BCUT2D eigenvalue weighted by Gasteiger charge is -2.29. The number of hydrogen-bond donors (Lipinski definition) is 2. The van der Waals surface area contributed by atoms with Crippen molar-refractivity contribution < 1.29 is 29.5 Å². The zero-order chi connectivity index (χ0) is 20.8. The molecular formula is C22H23N2O5+. The number of hydrogen-bond acceptors (Lipinski definition) is 5. The average Bonchev–Trinajstić information content (AvgIpc) is 3.20. The van der Waals surface area contributed by atoms with Crippen LogP contribution in [0.4, 0.5) is 0 Å². The van der Waals surface area contributed by atoms with Crippen LogP contribution in [0, 0.1) is 11.8 Å². The van der Waals surface area contributed by atoms with Crippen LogP contribution in [0.1, 0.15) is 24.1 Å². The highest BCUT2D eigenvalue weighted by Crippen LogP contribution is 2.48. The van der Waals surface area contributed by atoms with Crippen LogP contribution in [0.3, 0.4) is 0 Å². The van der Waals surface area contributed by atoms with Crippen LogP contribution in [0.2, 0.25) is 0 Å². The first-order chi connectivity index (χ1) is 13.9. The number of likely N-dealkylation sites (tertiary alicyclic amines) is 1. The van der Waals surface area contributed by atoms with Gasteiger partial charge in [-0.1, -0.05) is 30.3 Å². The van der Waals surface area contributed by atoms with Crippen LogP contribution in [0.5, 0.6) is 5.75 Å². The number of amides is 2. The number of esters is 1. The Morgan fingerprint density at radius 2 is 1.76 bits per heavy atom. The average molecular weight is 395 g/mol. The topological polar surface area (TPSA) is 101 Å². The number of carbonyl (C=O) groups is 3. The normalized spacial score (nSPS) is 28.5. The van der Waals surface area contributed by atoms with Gasteiger partial charge in [-0.05, 0) is 31.2 Å². The summed E-state index contributed by atoms with van der Waals surface area (Å²) >= 11 is 0. The number of phenolic OH excluding ortho intramolecular Hbond substituents is 1. The molecule has 4 rings (SSSR count). The maximum Gasteiger partial charge on any atom is 0.373 e. The summed E-state index contributed by atoms with van der Waals surface area (Å²) < 4.78 is 5.42. The first-order valence-corrected chi connectivity index (χ1v) is 9.61. The van der Waals surface area contributed by atoms with Crippen molar-refractivity contribution in [2.45, 2.75) is 18.5 Å². The number of phenols is 1. The molecule has 29 heavy (non-hydrogen) atoms. The second-order valence-electron chi connectivity index (χ2n) is 7.48. The van der Waals surface area contributed by atoms with E-state index in [4.69, 9.17) is 4.74 Å². The number of quaternary nitrogens is 1. The fourth-order valence-electron chi connectivity index (χ4n) is 4.72. The van der Waals surface area contributed by atoms with E-state index in [0.29, 0.717) is 5.56 Å². The summed E-state index contributed by atoms with van der Waals surface area (Å²) in [7, 11) is 1.46. The lowest BCUT2D eigenvalue weighted by molar-refractivity contribution is -0.742. The van der Waals surface area contributed by atoms with Gasteiger partial charge < -0.3 is 15.2 Å². The van der Waals surface area contributed by atoms with Crippen molar-refractivity contribution in [1.29, 1.82) is 0 Å². The Morgan fingerprint density at radius 3 is 2.38 bits per heavy atom. The fraction of sp³-hybridized carbons (Fsp3) is 0.318. The smallest absolute Gasteiger partial charge is 0.373 e. The van der Waals surface area contributed by atoms with E-state index in [2.05, 4.69) is 0 Å². The van der Waals surface area contributed by atoms with E-state index in [9.17, 15) is 19.5 Å². The molecule has 2 heterocycles. The van der Waals surface area contributed by atoms with E-state index in [1.54, 1.807) is 48.6 Å². The van der Waals surface area contributed by atoms with Gasteiger partial charge in [0.25, 0.3) is 0 Å². The Labute approximate surface area is 168 Å². The molecular weight excluding hydrogens is 372 g/mol. The van der Waals surface area contributed by atoms with E-state index in [1.807, 2.05) is 6.07 Å². The molecule has 150 valence electrons. The molecule has 2 amide bonds. The highest BCUT2D eigenvalue weighted by molar-refractivity contribution is 6.08. The molecule has 2 aromatic carbocycles. The minimum absolute atomic E-state index is 0.106. The number of rotatable bonds is 4. The van der Waals surface area contributed by atoms with Gasteiger partial charge in [-0.25, -0.2) is 4.79 Å². The van der Waals surface area contributed by atoms with E-state index in [1.165, 1.54) is 19.2 Å². The molecule has 7 nitrogen and oxygen atoms in total. The van der Waals surface area contributed by atoms with Crippen LogP contribution < -0.4 is 5.32 Å². The third-order valence-corrected chi connectivity index (χ3v) is 6.03. The molecule has 2 aliphatic heterocycles. The molecule has 0 aliphatic carbocycles. The molecule has 7 heteroatoms. The molecule has 4 atom stereocenters. The molecule has 0 unspecified atom stereocenters. The molecule has 2 aromatic rings. The largest absolute Gasteiger partial charge is 0.508 e. The van der Waals surface area contributed by atoms with E-state index >= 15 is 0 Å². The van der Waals surface area contributed by atoms with Gasteiger partial charge in [0.15, 0.2) is 0 Å². The summed E-state index contributed by atoms with van der Waals surface area (Å²) in [5.41, 5.74) is 0.0321. The van der Waals surface area contributed by atoms with Crippen LogP contribution >= 0.6 is 0 Å². The number of carbonyl (C=O) groups excluding carboxylic acids is 3. The third kappa shape index (κ3) is 2.73. The number of benzene rings is 2. The Balaban J connectivity index is 1.93. The summed E-state index contributed by atoms with van der Waals surface area (Å²) in [6, 6.07) is 15.1. The summed E-state index contributed by atoms with van der Waals surface area (Å²) in [5.74, 6) is -2.69. The van der Waals surface area contributed by atoms with Crippen molar-refractivity contribution in [3.63, 3.8) is 0 Å². The monoisotopic (exact) mass is 395 g/mol. The van der Waals surface area contributed by atoms with Crippen molar-refractivity contribution in [3.05, 3.63) is 65.7 Å². The molecule has 0 saturated carbocycles. The lowest BCUT2D eigenvalue weighted by Crippen LogP contribution is -2.96. The Morgan fingerprint density at radius 1 is 1.10 bits per heavy atom. The zero-order valence-electron chi connectivity index (χ0n) is 16.2. The highest BCUT2D eigenvalue weighted by atomic mass is 16.5. The summed E-state index contributed by atoms with van der Waals surface area (Å²) in [6.45, 7) is 1.88. The molecule has 0 spiro atoms. The Bertz CT molecular complexity index is 959. The van der Waals surface area contributed by atoms with Gasteiger partial charge >= 0.3 is 5.97 Å². The molecule has 0 aromatic heterocycles. The van der Waals surface area contributed by atoms with Crippen LogP contribution in [-0.4, -0.2) is 41.4 Å². The van der Waals surface area contributed by atoms with E-state index < -0.39 is 29.4 Å². The van der Waals surface area contributed by atoms with Crippen LogP contribution in [0.15, 0.2) is 54.6 Å². The van der Waals surface area contributed by atoms with Gasteiger partial charge in [0.1, 0.15) is 23.6 Å². The predicted molar refractivity (Wildman–Crippen MR) is 102 cm³/mol. The second kappa shape index (κ2) is 7.00. The molecule has 2 fully saturated rings. The van der Waals surface area contributed by atoms with Crippen LogP contribution in [0.25, 0.3) is 0 Å². The van der Waals surface area contributed by atoms with E-state index in [0.717, 1.165) is 10.5 Å². The number of ether oxygens (including phenoxy) is 1. The van der Waals surface area contributed by atoms with Gasteiger partial charge in [-0.3, -0.25) is 14.5 Å². The zero-order valence-corrected chi connectivity index (χ0v) is 16.2. The van der Waals surface area contributed by atoms with Crippen molar-refractivity contribution in [2.75, 3.05) is 13.7 Å². The summed E-state index contributed by atoms with van der Waals surface area (Å²) in [6.07, 6.45) is 0. The van der Waals surface area contributed by atoms with Crippen molar-refractivity contribution in [3.8, 4) is 5.75 Å². The second-order valence-corrected chi connectivity index (χ2v) is 7.48. The van der Waals surface area contributed by atoms with Crippen molar-refractivity contribution >= 4 is 17.8 Å². The quantitative estimate of drug-likeness (QED) is 0.586. The summed E-state index contributed by atoms with van der Waals surface area (Å²) in [5, 5.41) is 11.4. The molecule has 3 N–H and O–H groups in total. The maximum absolute atomic E-state index is 13.3. The van der Waals surface area contributed by atoms with Gasteiger partial charge in [-0.2, -0.15) is 0 Å². The number of fused-ring (bicyclic) bond motifs is 1. The Kier molecular flexibility index (Phi) is 4.62.